The Hall–Kier alpha value is -0.940. The van der Waals surface area contributed by atoms with Gasteiger partial charge in [-0.05, 0) is 43.2 Å². The number of thioether (sulfide) groups is 1. The number of hydrogen-bond donors (Lipinski definition) is 2. The molecule has 6 heteroatoms. The van der Waals surface area contributed by atoms with Gasteiger partial charge in [0.1, 0.15) is 5.82 Å². The van der Waals surface area contributed by atoms with Crippen LogP contribution in [-0.4, -0.2) is 30.1 Å². The van der Waals surface area contributed by atoms with Crippen molar-refractivity contribution in [1.82, 2.24) is 10.6 Å². The molecular weight excluding hydrogens is 309 g/mol. The van der Waals surface area contributed by atoms with Gasteiger partial charge in [-0.3, -0.25) is 4.99 Å². The summed E-state index contributed by atoms with van der Waals surface area (Å²) in [5.74, 6) is 1.59. The second-order valence-corrected chi connectivity index (χ2v) is 7.52. The summed E-state index contributed by atoms with van der Waals surface area (Å²) in [6.45, 7) is 3.73. The molecule has 1 aliphatic rings. The second-order valence-electron chi connectivity index (χ2n) is 5.43. The van der Waals surface area contributed by atoms with E-state index in [4.69, 9.17) is 11.6 Å². The first-order valence-electron chi connectivity index (χ1n) is 7.05. The number of aliphatic imine (C=N–C) groups is 1. The molecule has 2 rings (SSSR count). The number of halogens is 2. The third-order valence-electron chi connectivity index (χ3n) is 3.60. The SMILES string of the molecule is CN=C(NCc1ccc(F)c(Cl)c1)NCC1(C)CCCS1. The van der Waals surface area contributed by atoms with E-state index in [1.165, 1.54) is 24.7 Å². The van der Waals surface area contributed by atoms with Gasteiger partial charge >= 0.3 is 0 Å². The maximum Gasteiger partial charge on any atom is 0.191 e. The smallest absolute Gasteiger partial charge is 0.191 e. The Morgan fingerprint density at radius 1 is 1.48 bits per heavy atom. The van der Waals surface area contributed by atoms with Crippen molar-refractivity contribution >= 4 is 29.3 Å². The van der Waals surface area contributed by atoms with Crippen LogP contribution in [0.25, 0.3) is 0 Å². The molecule has 116 valence electrons. The van der Waals surface area contributed by atoms with E-state index >= 15 is 0 Å². The molecule has 0 bridgehead atoms. The summed E-state index contributed by atoms with van der Waals surface area (Å²) in [7, 11) is 1.75. The van der Waals surface area contributed by atoms with Crippen molar-refractivity contribution in [1.29, 1.82) is 0 Å². The fourth-order valence-corrected chi connectivity index (χ4v) is 3.75. The molecule has 0 aromatic heterocycles. The second kappa shape index (κ2) is 7.36. The Kier molecular flexibility index (Phi) is 5.76. The first kappa shape index (κ1) is 16.4. The summed E-state index contributed by atoms with van der Waals surface area (Å²) in [5, 5.41) is 6.73. The molecule has 0 aliphatic carbocycles. The number of benzene rings is 1. The van der Waals surface area contributed by atoms with Gasteiger partial charge in [0.15, 0.2) is 5.96 Å². The molecule has 0 amide bonds. The zero-order valence-corrected chi connectivity index (χ0v) is 14.0. The molecule has 0 saturated carbocycles. The minimum Gasteiger partial charge on any atom is -0.355 e. The molecule has 0 radical (unpaired) electrons. The van der Waals surface area contributed by atoms with E-state index in [9.17, 15) is 4.39 Å². The number of rotatable bonds is 4. The van der Waals surface area contributed by atoms with Gasteiger partial charge in [-0.15, -0.1) is 0 Å². The standard InChI is InChI=1S/C15H21ClFN3S/c1-15(6-3-7-21-15)10-20-14(18-2)19-9-11-4-5-13(17)12(16)8-11/h4-5,8H,3,6-7,9-10H2,1-2H3,(H2,18,19,20). The van der Waals surface area contributed by atoms with Crippen molar-refractivity contribution in [2.45, 2.75) is 31.1 Å². The Morgan fingerprint density at radius 2 is 2.29 bits per heavy atom. The van der Waals surface area contributed by atoms with Crippen LogP contribution in [0.15, 0.2) is 23.2 Å². The van der Waals surface area contributed by atoms with Crippen molar-refractivity contribution in [3.8, 4) is 0 Å². The van der Waals surface area contributed by atoms with E-state index in [1.54, 1.807) is 19.2 Å². The lowest BCUT2D eigenvalue weighted by atomic mass is 10.1. The van der Waals surface area contributed by atoms with Crippen LogP contribution in [0.5, 0.6) is 0 Å². The van der Waals surface area contributed by atoms with Gasteiger partial charge in [-0.2, -0.15) is 11.8 Å². The molecule has 1 aromatic carbocycles. The summed E-state index contributed by atoms with van der Waals surface area (Å²) in [5.41, 5.74) is 0.922. The summed E-state index contributed by atoms with van der Waals surface area (Å²) < 4.78 is 13.4. The Labute approximate surface area is 134 Å². The lowest BCUT2D eigenvalue weighted by Crippen LogP contribution is -2.43. The quantitative estimate of drug-likeness (QED) is 0.656. The molecule has 3 nitrogen and oxygen atoms in total. The van der Waals surface area contributed by atoms with Crippen molar-refractivity contribution in [3.05, 3.63) is 34.6 Å². The highest BCUT2D eigenvalue weighted by Crippen LogP contribution is 2.36. The maximum absolute atomic E-state index is 13.1. The third kappa shape index (κ3) is 4.78. The Balaban J connectivity index is 1.83. The van der Waals surface area contributed by atoms with Crippen molar-refractivity contribution in [3.63, 3.8) is 0 Å². The average molecular weight is 330 g/mol. The predicted molar refractivity (Wildman–Crippen MR) is 89.7 cm³/mol. The molecule has 1 fully saturated rings. The van der Waals surface area contributed by atoms with Gasteiger partial charge in [0.25, 0.3) is 0 Å². The van der Waals surface area contributed by atoms with Gasteiger partial charge in [-0.25, -0.2) is 4.39 Å². The van der Waals surface area contributed by atoms with Crippen LogP contribution >= 0.6 is 23.4 Å². The molecule has 21 heavy (non-hydrogen) atoms. The van der Waals surface area contributed by atoms with Crippen LogP contribution in [0.3, 0.4) is 0 Å². The molecule has 1 heterocycles. The minimum atomic E-state index is -0.394. The van der Waals surface area contributed by atoms with Crippen LogP contribution in [0.1, 0.15) is 25.3 Å². The van der Waals surface area contributed by atoms with Gasteiger partial charge in [0.2, 0.25) is 0 Å². The van der Waals surface area contributed by atoms with E-state index in [-0.39, 0.29) is 9.77 Å². The highest BCUT2D eigenvalue weighted by Gasteiger charge is 2.29. The highest BCUT2D eigenvalue weighted by molar-refractivity contribution is 8.00. The lowest BCUT2D eigenvalue weighted by molar-refractivity contribution is 0.584. The average Bonchev–Trinajstić information content (AvgIpc) is 2.90. The van der Waals surface area contributed by atoms with Gasteiger partial charge in [0.05, 0.1) is 5.02 Å². The van der Waals surface area contributed by atoms with Crippen LogP contribution in [0.4, 0.5) is 4.39 Å². The number of guanidine groups is 1. The molecule has 1 unspecified atom stereocenters. The number of nitrogens with one attached hydrogen (secondary N) is 2. The molecular formula is C15H21ClFN3S. The van der Waals surface area contributed by atoms with Crippen LogP contribution in [-0.2, 0) is 6.54 Å². The molecule has 1 aromatic rings. The first-order chi connectivity index (χ1) is 10.0. The van der Waals surface area contributed by atoms with E-state index in [0.29, 0.717) is 6.54 Å². The van der Waals surface area contributed by atoms with Gasteiger partial charge in [0, 0.05) is 24.9 Å². The number of nitrogens with zero attached hydrogens (tertiary/aromatic N) is 1. The zero-order chi connectivity index (χ0) is 15.3. The summed E-state index contributed by atoms with van der Waals surface area (Å²) in [6.07, 6.45) is 2.51. The molecule has 2 N–H and O–H groups in total. The van der Waals surface area contributed by atoms with Crippen LogP contribution < -0.4 is 10.6 Å². The van der Waals surface area contributed by atoms with E-state index < -0.39 is 5.82 Å². The monoisotopic (exact) mass is 329 g/mol. The van der Waals surface area contributed by atoms with Crippen LogP contribution in [0, 0.1) is 5.82 Å². The fourth-order valence-electron chi connectivity index (χ4n) is 2.30. The van der Waals surface area contributed by atoms with Crippen LogP contribution in [0.2, 0.25) is 5.02 Å². The van der Waals surface area contributed by atoms with E-state index in [2.05, 4.69) is 22.5 Å². The molecule has 1 atom stereocenters. The normalized spacial score (nSPS) is 22.4. The van der Waals surface area contributed by atoms with Crippen molar-refractivity contribution in [2.75, 3.05) is 19.3 Å². The molecule has 0 spiro atoms. The van der Waals surface area contributed by atoms with E-state index in [0.717, 1.165) is 18.1 Å². The molecule has 1 saturated heterocycles. The summed E-state index contributed by atoms with van der Waals surface area (Å²) >= 11 is 7.79. The van der Waals surface area contributed by atoms with E-state index in [1.807, 2.05) is 11.8 Å². The minimum absolute atomic E-state index is 0.145. The summed E-state index contributed by atoms with van der Waals surface area (Å²) in [4.78, 5) is 4.21. The van der Waals surface area contributed by atoms with Crippen molar-refractivity contribution in [2.24, 2.45) is 4.99 Å². The fraction of sp³-hybridized carbons (Fsp3) is 0.533. The van der Waals surface area contributed by atoms with Gasteiger partial charge in [-0.1, -0.05) is 17.7 Å². The predicted octanol–water partition coefficient (Wildman–Crippen LogP) is 3.43. The topological polar surface area (TPSA) is 36.4 Å². The number of hydrogen-bond acceptors (Lipinski definition) is 2. The van der Waals surface area contributed by atoms with Crippen molar-refractivity contribution < 1.29 is 4.39 Å². The maximum atomic E-state index is 13.1. The van der Waals surface area contributed by atoms with Gasteiger partial charge < -0.3 is 10.6 Å². The first-order valence-corrected chi connectivity index (χ1v) is 8.41. The zero-order valence-electron chi connectivity index (χ0n) is 12.4. The highest BCUT2D eigenvalue weighted by atomic mass is 35.5. The summed E-state index contributed by atoms with van der Waals surface area (Å²) in [6, 6.07) is 4.73. The third-order valence-corrected chi connectivity index (χ3v) is 5.43. The lowest BCUT2D eigenvalue weighted by Gasteiger charge is -2.24. The Morgan fingerprint density at radius 3 is 2.90 bits per heavy atom. The molecule has 1 aliphatic heterocycles. The Bertz CT molecular complexity index is 516. The largest absolute Gasteiger partial charge is 0.355 e.